The number of carbonyl (C=O) groups is 1. The number of amides is 1. The Kier molecular flexibility index (Phi) is 6.48. The first-order valence-electron chi connectivity index (χ1n) is 9.76. The number of fused-ring (bicyclic) bond motifs is 1. The quantitative estimate of drug-likeness (QED) is 0.342. The molecule has 4 aromatic rings. The third kappa shape index (κ3) is 4.35. The first kappa shape index (κ1) is 21.9. The Labute approximate surface area is 194 Å². The van der Waals surface area contributed by atoms with Crippen molar-refractivity contribution >= 4 is 44.2 Å². The Bertz CT molecular complexity index is 1230. The Morgan fingerprint density at radius 1 is 0.969 bits per heavy atom. The molecule has 4 rings (SSSR count). The fourth-order valence-electron chi connectivity index (χ4n) is 3.35. The van der Waals surface area contributed by atoms with Crippen molar-refractivity contribution in [1.82, 2.24) is 4.98 Å². The highest BCUT2D eigenvalue weighted by atomic mass is 35.5. The number of thiazole rings is 1. The monoisotopic (exact) mass is 468 g/mol. The van der Waals surface area contributed by atoms with Crippen LogP contribution in [0.4, 0.5) is 5.13 Å². The number of aromatic nitrogens is 1. The topological polar surface area (TPSA) is 60.9 Å². The van der Waals surface area contributed by atoms with Gasteiger partial charge in [-0.3, -0.25) is 9.69 Å². The number of nitrogens with zero attached hydrogens (tertiary/aromatic N) is 2. The van der Waals surface area contributed by atoms with Crippen molar-refractivity contribution in [3.05, 3.63) is 76.8 Å². The molecule has 0 saturated carbocycles. The van der Waals surface area contributed by atoms with Crippen LogP contribution in [0.3, 0.4) is 0 Å². The van der Waals surface area contributed by atoms with E-state index in [4.69, 9.17) is 30.8 Å². The summed E-state index contributed by atoms with van der Waals surface area (Å²) < 4.78 is 17.2. The van der Waals surface area contributed by atoms with Gasteiger partial charge in [0, 0.05) is 10.6 Å². The van der Waals surface area contributed by atoms with E-state index in [-0.39, 0.29) is 5.91 Å². The Hall–Kier alpha value is -3.29. The molecule has 0 aliphatic heterocycles. The Morgan fingerprint density at radius 2 is 1.66 bits per heavy atom. The number of hydrogen-bond acceptors (Lipinski definition) is 6. The summed E-state index contributed by atoms with van der Waals surface area (Å²) in [5, 5.41) is 1.20. The minimum Gasteiger partial charge on any atom is -0.493 e. The van der Waals surface area contributed by atoms with Crippen LogP contribution in [0.25, 0.3) is 10.2 Å². The lowest BCUT2D eigenvalue weighted by Crippen LogP contribution is -2.30. The average Bonchev–Trinajstić information content (AvgIpc) is 3.24. The predicted octanol–water partition coefficient (Wildman–Crippen LogP) is 5.82. The van der Waals surface area contributed by atoms with Crippen molar-refractivity contribution in [3.63, 3.8) is 0 Å². The van der Waals surface area contributed by atoms with Crippen molar-refractivity contribution < 1.29 is 19.0 Å². The smallest absolute Gasteiger partial charge is 0.260 e. The number of hydrogen-bond donors (Lipinski definition) is 0. The van der Waals surface area contributed by atoms with E-state index in [1.807, 2.05) is 42.5 Å². The highest BCUT2D eigenvalue weighted by Crippen LogP contribution is 2.39. The van der Waals surface area contributed by atoms with Gasteiger partial charge in [-0.15, -0.1) is 0 Å². The number of halogens is 1. The number of anilines is 1. The van der Waals surface area contributed by atoms with Crippen LogP contribution < -0.4 is 19.1 Å². The maximum absolute atomic E-state index is 13.7. The first-order valence-corrected chi connectivity index (χ1v) is 11.0. The van der Waals surface area contributed by atoms with Gasteiger partial charge in [-0.25, -0.2) is 4.98 Å². The summed E-state index contributed by atoms with van der Waals surface area (Å²) in [6.45, 7) is 0.351. The molecule has 0 aliphatic carbocycles. The molecule has 1 aromatic heterocycles. The van der Waals surface area contributed by atoms with Crippen molar-refractivity contribution in [2.45, 2.75) is 6.54 Å². The van der Waals surface area contributed by atoms with E-state index in [1.54, 1.807) is 23.1 Å². The summed E-state index contributed by atoms with van der Waals surface area (Å²) in [5.74, 6) is 1.01. The molecule has 0 radical (unpaired) electrons. The van der Waals surface area contributed by atoms with Crippen LogP contribution in [-0.4, -0.2) is 32.2 Å². The number of methoxy groups -OCH3 is 3. The highest BCUT2D eigenvalue weighted by molar-refractivity contribution is 7.22. The van der Waals surface area contributed by atoms with Crippen LogP contribution in [0.1, 0.15) is 15.9 Å². The molecule has 6 nitrogen and oxygen atoms in total. The molecule has 164 valence electrons. The zero-order chi connectivity index (χ0) is 22.7. The fraction of sp³-hybridized carbons (Fsp3) is 0.167. The van der Waals surface area contributed by atoms with E-state index < -0.39 is 0 Å². The third-order valence-electron chi connectivity index (χ3n) is 4.91. The molecule has 32 heavy (non-hydrogen) atoms. The molecule has 0 aliphatic rings. The van der Waals surface area contributed by atoms with E-state index in [0.29, 0.717) is 39.5 Å². The molecule has 0 unspecified atom stereocenters. The lowest BCUT2D eigenvalue weighted by Gasteiger charge is -2.21. The van der Waals surface area contributed by atoms with Crippen molar-refractivity contribution in [3.8, 4) is 17.2 Å². The fourth-order valence-corrected chi connectivity index (χ4v) is 4.59. The lowest BCUT2D eigenvalue weighted by molar-refractivity contribution is 0.0984. The summed E-state index contributed by atoms with van der Waals surface area (Å²) in [4.78, 5) is 20.1. The molecule has 0 bridgehead atoms. The van der Waals surface area contributed by atoms with Gasteiger partial charge >= 0.3 is 0 Å². The minimum absolute atomic E-state index is 0.238. The second-order valence-corrected chi connectivity index (χ2v) is 8.34. The summed E-state index contributed by atoms with van der Waals surface area (Å²) >= 11 is 7.56. The Balaban J connectivity index is 1.81. The maximum atomic E-state index is 13.7. The molecule has 0 saturated heterocycles. The first-order chi connectivity index (χ1) is 15.5. The van der Waals surface area contributed by atoms with E-state index in [1.165, 1.54) is 32.7 Å². The Morgan fingerprint density at radius 3 is 2.28 bits per heavy atom. The van der Waals surface area contributed by atoms with E-state index in [2.05, 4.69) is 0 Å². The van der Waals surface area contributed by atoms with E-state index in [9.17, 15) is 4.79 Å². The predicted molar refractivity (Wildman–Crippen MR) is 128 cm³/mol. The molecule has 0 N–H and O–H groups in total. The second-order valence-electron chi connectivity index (χ2n) is 6.90. The summed E-state index contributed by atoms with van der Waals surface area (Å²) in [6, 6.07) is 18.5. The van der Waals surface area contributed by atoms with Gasteiger partial charge in [0.2, 0.25) is 5.75 Å². The van der Waals surface area contributed by atoms with Gasteiger partial charge in [0.1, 0.15) is 0 Å². The summed E-state index contributed by atoms with van der Waals surface area (Å²) in [6.07, 6.45) is 0. The van der Waals surface area contributed by atoms with Gasteiger partial charge in [-0.2, -0.15) is 0 Å². The molecular formula is C24H21ClN2O4S. The maximum Gasteiger partial charge on any atom is 0.260 e. The zero-order valence-electron chi connectivity index (χ0n) is 17.8. The molecule has 8 heteroatoms. The molecular weight excluding hydrogens is 448 g/mol. The summed E-state index contributed by atoms with van der Waals surface area (Å²) in [5.41, 5.74) is 2.16. The average molecular weight is 469 g/mol. The number of benzene rings is 3. The van der Waals surface area contributed by atoms with Crippen LogP contribution in [-0.2, 0) is 6.54 Å². The van der Waals surface area contributed by atoms with Gasteiger partial charge in [0.25, 0.3) is 5.91 Å². The van der Waals surface area contributed by atoms with Gasteiger partial charge in [-0.05, 0) is 35.9 Å². The minimum atomic E-state index is -0.238. The van der Waals surface area contributed by atoms with Crippen LogP contribution in [0.5, 0.6) is 17.2 Å². The van der Waals surface area contributed by atoms with Gasteiger partial charge in [-0.1, -0.05) is 53.3 Å². The third-order valence-corrected chi connectivity index (χ3v) is 6.19. The van der Waals surface area contributed by atoms with Crippen LogP contribution in [0.2, 0.25) is 5.02 Å². The molecule has 1 heterocycles. The zero-order valence-corrected chi connectivity index (χ0v) is 19.4. The molecule has 0 atom stereocenters. The summed E-state index contributed by atoms with van der Waals surface area (Å²) in [7, 11) is 4.56. The van der Waals surface area contributed by atoms with E-state index in [0.717, 1.165) is 15.8 Å². The standard InChI is InChI=1S/C24H21ClN2O4S/c1-29-19-11-16(12-20(30-2)22(19)31-3)23(28)27(14-15-7-5-4-6-8-15)24-26-18-10-9-17(25)13-21(18)32-24/h4-13H,14H2,1-3H3. The molecule has 1 amide bonds. The largest absolute Gasteiger partial charge is 0.493 e. The molecule has 3 aromatic carbocycles. The highest BCUT2D eigenvalue weighted by Gasteiger charge is 2.25. The van der Waals surface area contributed by atoms with Crippen LogP contribution >= 0.6 is 22.9 Å². The normalized spacial score (nSPS) is 10.8. The number of carbonyl (C=O) groups excluding carboxylic acids is 1. The van der Waals surface area contributed by atoms with Gasteiger partial charge in [0.05, 0.1) is 38.1 Å². The molecule has 0 fully saturated rings. The molecule has 0 spiro atoms. The van der Waals surface area contributed by atoms with Gasteiger partial charge in [0.15, 0.2) is 16.6 Å². The van der Waals surface area contributed by atoms with Crippen molar-refractivity contribution in [2.24, 2.45) is 0 Å². The number of rotatable bonds is 7. The van der Waals surface area contributed by atoms with Gasteiger partial charge < -0.3 is 14.2 Å². The van der Waals surface area contributed by atoms with Crippen molar-refractivity contribution in [1.29, 1.82) is 0 Å². The SMILES string of the molecule is COc1cc(C(=O)N(Cc2ccccc2)c2nc3ccc(Cl)cc3s2)cc(OC)c1OC. The lowest BCUT2D eigenvalue weighted by atomic mass is 10.1. The second kappa shape index (κ2) is 9.46. The van der Waals surface area contributed by atoms with Crippen LogP contribution in [0, 0.1) is 0 Å². The van der Waals surface area contributed by atoms with Crippen molar-refractivity contribution in [2.75, 3.05) is 26.2 Å². The number of ether oxygens (including phenoxy) is 3. The van der Waals surface area contributed by atoms with E-state index >= 15 is 0 Å². The van der Waals surface area contributed by atoms with Crippen LogP contribution in [0.15, 0.2) is 60.7 Å².